The number of nitrogens with one attached hydrogen (secondary N) is 1. The Balaban J connectivity index is 1.63. The summed E-state index contributed by atoms with van der Waals surface area (Å²) in [7, 11) is 0. The molecule has 0 fully saturated rings. The van der Waals surface area contributed by atoms with Crippen LogP contribution in [0.4, 0.5) is 0 Å². The molecule has 136 valence electrons. The van der Waals surface area contributed by atoms with E-state index in [0.29, 0.717) is 0 Å². The molecule has 1 aromatic carbocycles. The van der Waals surface area contributed by atoms with Crippen molar-refractivity contribution in [2.24, 2.45) is 0 Å². The molecule has 0 saturated carbocycles. The fraction of sp³-hybridized carbons (Fsp3) is 0.273. The SMILES string of the molecule is Cc1ccc(-c2cc(CCCNCc3ccccn3)nc(C#N)n2)cc1C. The van der Waals surface area contributed by atoms with Crippen LogP contribution >= 0.6 is 0 Å². The summed E-state index contributed by atoms with van der Waals surface area (Å²) in [6, 6.07) is 16.2. The Bertz CT molecular complexity index is 945. The first-order valence-electron chi connectivity index (χ1n) is 9.12. The van der Waals surface area contributed by atoms with Crippen LogP contribution < -0.4 is 5.32 Å². The highest BCUT2D eigenvalue weighted by molar-refractivity contribution is 5.61. The minimum absolute atomic E-state index is 0.224. The largest absolute Gasteiger partial charge is 0.311 e. The number of benzene rings is 1. The summed E-state index contributed by atoms with van der Waals surface area (Å²) in [4.78, 5) is 13.0. The van der Waals surface area contributed by atoms with Crippen LogP contribution in [0.1, 0.15) is 34.8 Å². The smallest absolute Gasteiger partial charge is 0.232 e. The lowest BCUT2D eigenvalue weighted by Crippen LogP contribution is -2.16. The molecular weight excluding hydrogens is 334 g/mol. The van der Waals surface area contributed by atoms with E-state index in [2.05, 4.69) is 52.3 Å². The van der Waals surface area contributed by atoms with Crippen molar-refractivity contribution in [3.05, 3.63) is 77.0 Å². The van der Waals surface area contributed by atoms with Gasteiger partial charge >= 0.3 is 0 Å². The number of rotatable bonds is 7. The number of hydrogen-bond acceptors (Lipinski definition) is 5. The Labute approximate surface area is 160 Å². The minimum atomic E-state index is 0.224. The van der Waals surface area contributed by atoms with Crippen LogP contribution in [0.15, 0.2) is 48.7 Å². The van der Waals surface area contributed by atoms with Gasteiger partial charge in [0.05, 0.1) is 11.4 Å². The zero-order chi connectivity index (χ0) is 19.1. The average molecular weight is 357 g/mol. The monoisotopic (exact) mass is 357 g/mol. The second kappa shape index (κ2) is 9.02. The van der Waals surface area contributed by atoms with Crippen LogP contribution in [-0.4, -0.2) is 21.5 Å². The molecule has 0 aliphatic carbocycles. The first-order chi connectivity index (χ1) is 13.2. The molecule has 0 amide bonds. The van der Waals surface area contributed by atoms with E-state index in [1.54, 1.807) is 6.20 Å². The van der Waals surface area contributed by atoms with Gasteiger partial charge in [-0.15, -0.1) is 0 Å². The predicted octanol–water partition coefficient (Wildman–Crippen LogP) is 3.75. The molecule has 2 heterocycles. The number of nitriles is 1. The molecule has 0 atom stereocenters. The van der Waals surface area contributed by atoms with Crippen molar-refractivity contribution < 1.29 is 0 Å². The number of pyridine rings is 1. The van der Waals surface area contributed by atoms with Crippen molar-refractivity contribution in [1.82, 2.24) is 20.3 Å². The van der Waals surface area contributed by atoms with Gasteiger partial charge in [-0.2, -0.15) is 5.26 Å². The van der Waals surface area contributed by atoms with E-state index in [0.717, 1.165) is 48.6 Å². The molecule has 0 saturated heterocycles. The first-order valence-corrected chi connectivity index (χ1v) is 9.12. The summed E-state index contributed by atoms with van der Waals surface area (Å²) in [5, 5.41) is 12.7. The zero-order valence-electron chi connectivity index (χ0n) is 15.7. The van der Waals surface area contributed by atoms with E-state index in [9.17, 15) is 5.26 Å². The maximum absolute atomic E-state index is 9.27. The fourth-order valence-electron chi connectivity index (χ4n) is 2.84. The maximum atomic E-state index is 9.27. The molecule has 3 aromatic rings. The molecule has 1 N–H and O–H groups in total. The van der Waals surface area contributed by atoms with Crippen LogP contribution in [0.2, 0.25) is 0 Å². The summed E-state index contributed by atoms with van der Waals surface area (Å²) in [5.74, 6) is 0.224. The third-order valence-electron chi connectivity index (χ3n) is 4.50. The van der Waals surface area contributed by atoms with Crippen LogP contribution in [0, 0.1) is 25.2 Å². The Morgan fingerprint density at radius 2 is 1.89 bits per heavy atom. The molecule has 3 rings (SSSR count). The molecule has 0 bridgehead atoms. The first kappa shape index (κ1) is 18.7. The molecule has 0 aliphatic rings. The van der Waals surface area contributed by atoms with Gasteiger partial charge in [-0.1, -0.05) is 18.2 Å². The van der Waals surface area contributed by atoms with Gasteiger partial charge in [-0.05, 0) is 68.6 Å². The van der Waals surface area contributed by atoms with Crippen LogP contribution in [0.3, 0.4) is 0 Å². The van der Waals surface area contributed by atoms with Gasteiger partial charge in [0, 0.05) is 24.0 Å². The van der Waals surface area contributed by atoms with Crippen molar-refractivity contribution in [3.8, 4) is 17.3 Å². The third-order valence-corrected chi connectivity index (χ3v) is 4.50. The van der Waals surface area contributed by atoms with Crippen LogP contribution in [-0.2, 0) is 13.0 Å². The van der Waals surface area contributed by atoms with Gasteiger partial charge in [0.1, 0.15) is 6.07 Å². The molecule has 0 aliphatic heterocycles. The summed E-state index contributed by atoms with van der Waals surface area (Å²) >= 11 is 0. The van der Waals surface area contributed by atoms with Gasteiger partial charge in [0.25, 0.3) is 0 Å². The van der Waals surface area contributed by atoms with Crippen LogP contribution in [0.5, 0.6) is 0 Å². The maximum Gasteiger partial charge on any atom is 0.232 e. The molecule has 5 nitrogen and oxygen atoms in total. The van der Waals surface area contributed by atoms with Crippen molar-refractivity contribution >= 4 is 0 Å². The van der Waals surface area contributed by atoms with E-state index in [1.165, 1.54) is 11.1 Å². The summed E-state index contributed by atoms with van der Waals surface area (Å²) in [6.07, 6.45) is 3.53. The Kier molecular flexibility index (Phi) is 6.24. The molecule has 0 radical (unpaired) electrons. The number of aryl methyl sites for hydroxylation is 3. The van der Waals surface area contributed by atoms with Crippen molar-refractivity contribution in [2.75, 3.05) is 6.54 Å². The number of aromatic nitrogens is 3. The highest BCUT2D eigenvalue weighted by Gasteiger charge is 2.08. The summed E-state index contributed by atoms with van der Waals surface area (Å²) < 4.78 is 0. The van der Waals surface area contributed by atoms with Crippen molar-refractivity contribution in [1.29, 1.82) is 5.26 Å². The Hall–Kier alpha value is -3.10. The summed E-state index contributed by atoms with van der Waals surface area (Å²) in [6.45, 7) is 5.78. The third kappa shape index (κ3) is 5.19. The van der Waals surface area contributed by atoms with Gasteiger partial charge in [-0.3, -0.25) is 4.98 Å². The van der Waals surface area contributed by atoms with E-state index in [1.807, 2.05) is 30.3 Å². The molecule has 0 unspecified atom stereocenters. The highest BCUT2D eigenvalue weighted by Crippen LogP contribution is 2.21. The average Bonchev–Trinajstić information content (AvgIpc) is 2.70. The zero-order valence-corrected chi connectivity index (χ0v) is 15.7. The lowest BCUT2D eigenvalue weighted by molar-refractivity contribution is 0.636. The van der Waals surface area contributed by atoms with Gasteiger partial charge in [0.15, 0.2) is 0 Å². The summed E-state index contributed by atoms with van der Waals surface area (Å²) in [5.41, 5.74) is 6.21. The molecule has 5 heteroatoms. The molecule has 0 spiro atoms. The second-order valence-corrected chi connectivity index (χ2v) is 6.58. The minimum Gasteiger partial charge on any atom is -0.311 e. The lowest BCUT2D eigenvalue weighted by Gasteiger charge is -2.08. The van der Waals surface area contributed by atoms with Gasteiger partial charge in [-0.25, -0.2) is 9.97 Å². The highest BCUT2D eigenvalue weighted by atomic mass is 14.9. The number of hydrogen-bond donors (Lipinski definition) is 1. The topological polar surface area (TPSA) is 74.5 Å². The Morgan fingerprint density at radius 1 is 1.00 bits per heavy atom. The number of nitrogens with zero attached hydrogens (tertiary/aromatic N) is 4. The van der Waals surface area contributed by atoms with E-state index >= 15 is 0 Å². The quantitative estimate of drug-likeness (QED) is 0.652. The van der Waals surface area contributed by atoms with Gasteiger partial charge in [0.2, 0.25) is 5.82 Å². The molecular formula is C22H23N5. The second-order valence-electron chi connectivity index (χ2n) is 6.58. The van der Waals surface area contributed by atoms with E-state index in [-0.39, 0.29) is 5.82 Å². The van der Waals surface area contributed by atoms with Crippen LogP contribution in [0.25, 0.3) is 11.3 Å². The van der Waals surface area contributed by atoms with E-state index < -0.39 is 0 Å². The predicted molar refractivity (Wildman–Crippen MR) is 106 cm³/mol. The Morgan fingerprint density at radius 3 is 2.63 bits per heavy atom. The van der Waals surface area contributed by atoms with Crippen molar-refractivity contribution in [2.45, 2.75) is 33.2 Å². The standard InChI is InChI=1S/C22H23N5/c1-16-8-9-18(12-17(16)2)21-13-19(26-22(14-23)27-21)7-5-10-24-15-20-6-3-4-11-25-20/h3-4,6,8-9,11-13,24H,5,7,10,15H2,1-2H3. The normalized spacial score (nSPS) is 10.6. The lowest BCUT2D eigenvalue weighted by atomic mass is 10.0. The fourth-order valence-corrected chi connectivity index (χ4v) is 2.84. The van der Waals surface area contributed by atoms with Crippen molar-refractivity contribution in [3.63, 3.8) is 0 Å². The van der Waals surface area contributed by atoms with Gasteiger partial charge < -0.3 is 5.32 Å². The molecule has 27 heavy (non-hydrogen) atoms. The molecule has 2 aromatic heterocycles. The van der Waals surface area contributed by atoms with E-state index in [4.69, 9.17) is 0 Å².